The maximum Gasteiger partial charge on any atom is 0.417 e. The van der Waals surface area contributed by atoms with Gasteiger partial charge in [-0.05, 0) is 30.1 Å². The minimum Gasteiger partial charge on any atom is -0.307 e. The predicted molar refractivity (Wildman–Crippen MR) is 114 cm³/mol. The van der Waals surface area contributed by atoms with Crippen molar-refractivity contribution in [3.8, 4) is 11.4 Å². The van der Waals surface area contributed by atoms with Gasteiger partial charge in [-0.3, -0.25) is 5.10 Å². The Bertz CT molecular complexity index is 1130. The zero-order valence-electron chi connectivity index (χ0n) is 15.4. The molecular weight excluding hydrogens is 496 g/mol. The van der Waals surface area contributed by atoms with E-state index >= 15 is 0 Å². The number of hydrogen-bond donors (Lipinski definition) is 2. The number of para-hydroxylation sites is 1. The molecule has 4 aromatic rings. The van der Waals surface area contributed by atoms with Crippen LogP contribution in [-0.4, -0.2) is 30.1 Å². The van der Waals surface area contributed by atoms with Crippen LogP contribution in [0.2, 0.25) is 0 Å². The van der Waals surface area contributed by atoms with Crippen molar-refractivity contribution in [1.29, 1.82) is 0 Å². The molecule has 0 spiro atoms. The van der Waals surface area contributed by atoms with E-state index < -0.39 is 11.7 Å². The number of hydrogen-bond acceptors (Lipinski definition) is 5. The zero-order valence-corrected chi connectivity index (χ0v) is 17.6. The van der Waals surface area contributed by atoms with Crippen LogP contribution < -0.4 is 5.32 Å². The molecule has 2 N–H and O–H groups in total. The molecule has 0 saturated heterocycles. The van der Waals surface area contributed by atoms with E-state index in [-0.39, 0.29) is 17.3 Å². The van der Waals surface area contributed by atoms with Crippen LogP contribution in [0.5, 0.6) is 0 Å². The van der Waals surface area contributed by atoms with Gasteiger partial charge in [0.15, 0.2) is 5.82 Å². The molecule has 0 unspecified atom stereocenters. The number of halogens is 4. The smallest absolute Gasteiger partial charge is 0.307 e. The third-order valence-electron chi connectivity index (χ3n) is 3.90. The first-order valence-corrected chi connectivity index (χ1v) is 10.5. The number of aromatic nitrogens is 5. The van der Waals surface area contributed by atoms with E-state index in [1.165, 1.54) is 18.2 Å². The summed E-state index contributed by atoms with van der Waals surface area (Å²) in [6, 6.07) is 12.3. The van der Waals surface area contributed by atoms with Crippen LogP contribution in [0, 0.1) is 6.92 Å². The van der Waals surface area contributed by atoms with Crippen molar-refractivity contribution in [3.05, 3.63) is 59.9 Å². The first-order chi connectivity index (χ1) is 13.9. The van der Waals surface area contributed by atoms with Gasteiger partial charge in [-0.15, -0.1) is 5.10 Å². The Balaban J connectivity index is 0.00000117. The van der Waals surface area contributed by atoms with Gasteiger partial charge < -0.3 is 5.32 Å². The highest BCUT2D eigenvalue weighted by atomic mass is 127. The summed E-state index contributed by atoms with van der Waals surface area (Å²) in [6.07, 6.45) is -4.51. The maximum absolute atomic E-state index is 13.4. The second-order valence-corrected chi connectivity index (χ2v) is 5.83. The van der Waals surface area contributed by atoms with E-state index in [0.29, 0.717) is 22.5 Å². The van der Waals surface area contributed by atoms with Crippen LogP contribution in [-0.2, 0) is 6.18 Å². The molecule has 0 aliphatic carbocycles. The van der Waals surface area contributed by atoms with Gasteiger partial charge in [-0.2, -0.15) is 18.2 Å². The third kappa shape index (κ3) is 4.63. The van der Waals surface area contributed by atoms with Crippen molar-refractivity contribution in [3.63, 3.8) is 0 Å². The number of aromatic amines is 1. The Morgan fingerprint density at radius 3 is 2.31 bits per heavy atom. The number of aryl methyl sites for hydroxylation is 1. The van der Waals surface area contributed by atoms with Crippen LogP contribution in [0.15, 0.2) is 48.5 Å². The number of fused-ring (bicyclic) bond motifs is 1. The van der Waals surface area contributed by atoms with Gasteiger partial charge in [-0.1, -0.05) is 52.9 Å². The van der Waals surface area contributed by atoms with E-state index in [2.05, 4.69) is 53.1 Å². The van der Waals surface area contributed by atoms with Crippen molar-refractivity contribution < 1.29 is 13.2 Å². The summed E-state index contributed by atoms with van der Waals surface area (Å²) in [5, 5.41) is 10.3. The maximum atomic E-state index is 13.4. The van der Waals surface area contributed by atoms with Gasteiger partial charge in [0, 0.05) is 10.9 Å². The number of H-pyrrole nitrogens is 1. The van der Waals surface area contributed by atoms with E-state index in [4.69, 9.17) is 0 Å². The fraction of sp³-hybridized carbons (Fsp3) is 0.158. The highest BCUT2D eigenvalue weighted by Gasteiger charge is 2.34. The lowest BCUT2D eigenvalue weighted by atomic mass is 10.1. The highest BCUT2D eigenvalue weighted by Crippen LogP contribution is 2.37. The Morgan fingerprint density at radius 2 is 1.62 bits per heavy atom. The lowest BCUT2D eigenvalue weighted by Gasteiger charge is -2.13. The highest BCUT2D eigenvalue weighted by molar-refractivity contribution is 14.1. The molecule has 2 aromatic carbocycles. The van der Waals surface area contributed by atoms with E-state index in [1.807, 2.05) is 4.93 Å². The molecule has 2 aromatic heterocycles. The van der Waals surface area contributed by atoms with Crippen LogP contribution in [0.1, 0.15) is 11.4 Å². The number of alkyl halides is 4. The molecule has 29 heavy (non-hydrogen) atoms. The van der Waals surface area contributed by atoms with Crippen molar-refractivity contribution in [2.75, 3.05) is 10.2 Å². The second kappa shape index (κ2) is 8.72. The average molecular weight is 512 g/mol. The minimum absolute atomic E-state index is 0.0311. The van der Waals surface area contributed by atoms with Crippen molar-refractivity contribution in [2.45, 2.75) is 13.1 Å². The van der Waals surface area contributed by atoms with Gasteiger partial charge in [0.1, 0.15) is 11.6 Å². The molecule has 0 atom stereocenters. The summed E-state index contributed by atoms with van der Waals surface area (Å²) >= 11 is 2.15. The molecule has 0 fully saturated rings. The van der Waals surface area contributed by atoms with Gasteiger partial charge >= 0.3 is 6.18 Å². The number of nitrogens with zero attached hydrogens (tertiary/aromatic N) is 4. The Hall–Kier alpha value is -2.76. The number of nitrogens with one attached hydrogen (secondary N) is 2. The predicted octanol–water partition coefficient (Wildman–Crippen LogP) is 5.54. The quantitative estimate of drug-likeness (QED) is 0.279. The summed E-state index contributed by atoms with van der Waals surface area (Å²) < 4.78 is 40.2. The summed E-state index contributed by atoms with van der Waals surface area (Å²) in [5.74, 6) is 1.16. The number of anilines is 2. The van der Waals surface area contributed by atoms with Gasteiger partial charge in [-0.25, -0.2) is 9.97 Å². The number of rotatable bonds is 3. The summed E-state index contributed by atoms with van der Waals surface area (Å²) in [4.78, 5) is 14.8. The summed E-state index contributed by atoms with van der Waals surface area (Å²) in [5.41, 5.74) is -0.376. The molecule has 0 saturated carbocycles. The Kier molecular flexibility index (Phi) is 6.30. The van der Waals surface area contributed by atoms with E-state index in [0.717, 1.165) is 6.07 Å². The van der Waals surface area contributed by atoms with E-state index in [9.17, 15) is 13.2 Å². The molecule has 0 aliphatic rings. The van der Waals surface area contributed by atoms with Crippen LogP contribution in [0.25, 0.3) is 22.3 Å². The Labute approximate surface area is 178 Å². The molecule has 6 nitrogen and oxygen atoms in total. The summed E-state index contributed by atoms with van der Waals surface area (Å²) in [6.45, 7) is 1.74. The molecule has 0 aliphatic heterocycles. The van der Waals surface area contributed by atoms with Crippen molar-refractivity contribution >= 4 is 45.3 Å². The fourth-order valence-electron chi connectivity index (χ4n) is 2.72. The molecule has 150 valence electrons. The standard InChI is InChI=1S/C18H13F3N6.CH3I/c1-10-22-17(27-26-10)25-16-12-7-3-5-9-14(12)23-15(24-16)11-6-2-4-8-13(11)18(19,20)21;1-2/h2-9H,1H3,(H2,22,23,24,25,26,27);1H3. The molecule has 0 radical (unpaired) electrons. The minimum atomic E-state index is -4.51. The van der Waals surface area contributed by atoms with Gasteiger partial charge in [0.05, 0.1) is 11.1 Å². The second-order valence-electron chi connectivity index (χ2n) is 5.83. The van der Waals surface area contributed by atoms with Gasteiger partial charge in [0.25, 0.3) is 0 Å². The molecular formula is C19H16F3IN6. The normalized spacial score (nSPS) is 11.1. The fourth-order valence-corrected chi connectivity index (χ4v) is 2.72. The Morgan fingerprint density at radius 1 is 0.931 bits per heavy atom. The molecule has 4 rings (SSSR count). The SMILES string of the molecule is CI.Cc1nc(Nc2nc(-c3ccccc3C(F)(F)F)nc3ccccc23)n[nH]1. The lowest BCUT2D eigenvalue weighted by Crippen LogP contribution is -2.09. The largest absolute Gasteiger partial charge is 0.417 e. The monoisotopic (exact) mass is 512 g/mol. The molecule has 0 amide bonds. The third-order valence-corrected chi connectivity index (χ3v) is 3.90. The lowest BCUT2D eigenvalue weighted by molar-refractivity contribution is -0.137. The first kappa shape index (κ1) is 21.0. The topological polar surface area (TPSA) is 79.4 Å². The van der Waals surface area contributed by atoms with Crippen LogP contribution in [0.3, 0.4) is 0 Å². The van der Waals surface area contributed by atoms with Crippen LogP contribution in [0.4, 0.5) is 24.9 Å². The number of benzene rings is 2. The van der Waals surface area contributed by atoms with Crippen molar-refractivity contribution in [1.82, 2.24) is 25.1 Å². The molecule has 0 bridgehead atoms. The zero-order chi connectivity index (χ0) is 21.0. The summed E-state index contributed by atoms with van der Waals surface area (Å²) in [7, 11) is 0. The molecule has 10 heteroatoms. The van der Waals surface area contributed by atoms with E-state index in [1.54, 1.807) is 31.2 Å². The first-order valence-electron chi connectivity index (χ1n) is 8.39. The molecule has 2 heterocycles. The van der Waals surface area contributed by atoms with Crippen molar-refractivity contribution in [2.24, 2.45) is 0 Å². The van der Waals surface area contributed by atoms with Gasteiger partial charge in [0.2, 0.25) is 5.95 Å². The van der Waals surface area contributed by atoms with Crippen LogP contribution >= 0.6 is 22.6 Å². The average Bonchev–Trinajstić information content (AvgIpc) is 3.13.